The molecule has 0 aliphatic carbocycles. The number of benzene rings is 18. The van der Waals surface area contributed by atoms with Gasteiger partial charge in [0, 0.05) is 21.5 Å². The Morgan fingerprint density at radius 3 is 0.990 bits per heavy atom. The molecule has 0 aliphatic heterocycles. The fraction of sp³-hybridized carbons (Fsp3) is 0. The van der Waals surface area contributed by atoms with Gasteiger partial charge in [0.25, 0.3) is 0 Å². The van der Waals surface area contributed by atoms with E-state index in [4.69, 9.17) is 8.83 Å². The minimum absolute atomic E-state index is 0.862. The smallest absolute Gasteiger partial charge is 0.136 e. The average molecular weight is 1240 g/mol. The van der Waals surface area contributed by atoms with Gasteiger partial charge in [0.05, 0.1) is 0 Å². The first-order valence-electron chi connectivity index (χ1n) is 33.8. The first-order valence-corrected chi connectivity index (χ1v) is 33.8. The van der Waals surface area contributed by atoms with Crippen LogP contribution in [-0.4, -0.2) is 0 Å². The molecule has 0 radical (unpaired) electrons. The molecule has 18 aromatic carbocycles. The standard InChI is InChI=1S/C96H58O2/c1-4-21-59(22-5-1)63-41-46-71-66(52-63)29-19-39-75(71)95-80-34-14-10-30-76(80)93(77-31-11-15-35-81(77)95)68-43-48-74-88-54-65(45-50-90(88)98-92(74)58-68)62-27-18-28-67(51-62)85-55-70(61-25-8-3-9-26-61)56-86-72(85)38-20-40-84(86)96-82-36-16-12-32-78(82)94(79-33-13-17-37-83(79)96)69-42-47-73-87-53-64(60-23-6-2-7-24-60)44-49-89(87)97-91(73)57-69/h1-58H. The van der Waals surface area contributed by atoms with Crippen LogP contribution in [0.4, 0.5) is 0 Å². The van der Waals surface area contributed by atoms with Gasteiger partial charge in [0.15, 0.2) is 0 Å². The maximum Gasteiger partial charge on any atom is 0.136 e. The van der Waals surface area contributed by atoms with E-state index in [1.807, 2.05) is 0 Å². The van der Waals surface area contributed by atoms with E-state index in [9.17, 15) is 0 Å². The minimum Gasteiger partial charge on any atom is -0.456 e. The molecule has 0 saturated heterocycles. The lowest BCUT2D eigenvalue weighted by atomic mass is 9.83. The van der Waals surface area contributed by atoms with Crippen LogP contribution in [0.2, 0.25) is 0 Å². The summed E-state index contributed by atoms with van der Waals surface area (Å²) in [6.07, 6.45) is 0. The van der Waals surface area contributed by atoms with Crippen LogP contribution in [0.3, 0.4) is 0 Å². The van der Waals surface area contributed by atoms with Gasteiger partial charge in [-0.05, 0) is 238 Å². The van der Waals surface area contributed by atoms with Crippen LogP contribution < -0.4 is 0 Å². The molecule has 0 unspecified atom stereocenters. The third-order valence-corrected chi connectivity index (χ3v) is 20.6. The molecule has 2 nitrogen and oxygen atoms in total. The van der Waals surface area contributed by atoms with E-state index in [-0.39, 0.29) is 0 Å². The molecule has 0 saturated carbocycles. The van der Waals surface area contributed by atoms with Crippen LogP contribution in [0.15, 0.2) is 361 Å². The molecule has 20 aromatic rings. The highest BCUT2D eigenvalue weighted by Crippen LogP contribution is 2.50. The number of hydrogen-bond donors (Lipinski definition) is 0. The molecule has 20 rings (SSSR count). The summed E-state index contributed by atoms with van der Waals surface area (Å²) in [5, 5.41) is 18.9. The number of rotatable bonds is 9. The molecule has 0 spiro atoms. The van der Waals surface area contributed by atoms with E-state index < -0.39 is 0 Å². The predicted octanol–water partition coefficient (Wildman–Crippen LogP) is 27.4. The molecular formula is C96H58O2. The molecule has 2 heteroatoms. The van der Waals surface area contributed by atoms with Gasteiger partial charge in [-0.25, -0.2) is 0 Å². The Kier molecular flexibility index (Phi) is 12.7. The third kappa shape index (κ3) is 8.96. The highest BCUT2D eigenvalue weighted by molar-refractivity contribution is 6.27. The Morgan fingerprint density at radius 2 is 0.480 bits per heavy atom. The highest BCUT2D eigenvalue weighted by Gasteiger charge is 2.24. The molecule has 0 amide bonds. The second kappa shape index (κ2) is 22.4. The van der Waals surface area contributed by atoms with Gasteiger partial charge in [-0.15, -0.1) is 0 Å². The highest BCUT2D eigenvalue weighted by atomic mass is 16.3. The fourth-order valence-electron chi connectivity index (χ4n) is 16.1. The Morgan fingerprint density at radius 1 is 0.133 bits per heavy atom. The summed E-state index contributed by atoms with van der Waals surface area (Å²) >= 11 is 0. The zero-order chi connectivity index (χ0) is 64.4. The van der Waals surface area contributed by atoms with Crippen molar-refractivity contribution in [2.75, 3.05) is 0 Å². The summed E-state index contributed by atoms with van der Waals surface area (Å²) in [6, 6.07) is 129. The van der Waals surface area contributed by atoms with E-state index >= 15 is 0 Å². The normalized spacial score (nSPS) is 11.9. The van der Waals surface area contributed by atoms with Gasteiger partial charge < -0.3 is 8.83 Å². The summed E-state index contributed by atoms with van der Waals surface area (Å²) in [4.78, 5) is 0. The van der Waals surface area contributed by atoms with Crippen molar-refractivity contribution < 1.29 is 8.83 Å². The Bertz CT molecular complexity index is 6540. The fourth-order valence-corrected chi connectivity index (χ4v) is 16.1. The van der Waals surface area contributed by atoms with E-state index in [1.54, 1.807) is 0 Å². The molecule has 0 fully saturated rings. The molecule has 2 aromatic heterocycles. The molecule has 454 valence electrons. The zero-order valence-corrected chi connectivity index (χ0v) is 53.3. The first-order chi connectivity index (χ1) is 48.6. The number of fused-ring (bicyclic) bond motifs is 12. The molecular weight excluding hydrogens is 1190 g/mol. The van der Waals surface area contributed by atoms with Crippen molar-refractivity contribution >= 4 is 109 Å². The van der Waals surface area contributed by atoms with Gasteiger partial charge in [0.2, 0.25) is 0 Å². The van der Waals surface area contributed by atoms with Gasteiger partial charge >= 0.3 is 0 Å². The van der Waals surface area contributed by atoms with Crippen LogP contribution in [0, 0.1) is 0 Å². The second-order valence-electron chi connectivity index (χ2n) is 26.1. The lowest BCUT2D eigenvalue weighted by Crippen LogP contribution is -1.93. The molecule has 0 bridgehead atoms. The summed E-state index contributed by atoms with van der Waals surface area (Å²) in [5.41, 5.74) is 24.7. The first kappa shape index (κ1) is 55.6. The van der Waals surface area contributed by atoms with Crippen LogP contribution in [-0.2, 0) is 0 Å². The average Bonchev–Trinajstić information content (AvgIpc) is 0.853. The Balaban J connectivity index is 0.691. The lowest BCUT2D eigenvalue weighted by Gasteiger charge is -2.20. The van der Waals surface area contributed by atoms with Crippen molar-refractivity contribution in [3.63, 3.8) is 0 Å². The van der Waals surface area contributed by atoms with Gasteiger partial charge in [-0.1, -0.05) is 279 Å². The zero-order valence-electron chi connectivity index (χ0n) is 53.3. The summed E-state index contributed by atoms with van der Waals surface area (Å²) < 4.78 is 13.6. The van der Waals surface area contributed by atoms with E-state index in [2.05, 4.69) is 352 Å². The quantitative estimate of drug-likeness (QED) is 0.135. The van der Waals surface area contributed by atoms with Crippen LogP contribution in [0.25, 0.3) is 209 Å². The van der Waals surface area contributed by atoms with Gasteiger partial charge in [-0.3, -0.25) is 0 Å². The van der Waals surface area contributed by atoms with E-state index in [1.165, 1.54) is 131 Å². The van der Waals surface area contributed by atoms with Crippen LogP contribution in [0.5, 0.6) is 0 Å². The number of hydrogen-bond acceptors (Lipinski definition) is 2. The Hall–Kier alpha value is -12.9. The van der Waals surface area contributed by atoms with E-state index in [0.29, 0.717) is 0 Å². The SMILES string of the molecule is c1ccc(-c2ccc3c(-c4c5ccccc5c(-c5ccc6c(c5)oc5ccc(-c7cccc(-c8cc(-c9ccccc9)cc9c(-c%10c%11ccccc%11c(-c%11ccc%12c(c%11)oc%11ccc(-c%13ccccc%13)cc%11%12)c%11ccccc%10%11)cccc89)c7)cc56)c5ccccc45)cccc3c2)cc1. The van der Waals surface area contributed by atoms with E-state index in [0.717, 1.165) is 77.3 Å². The minimum atomic E-state index is 0.862. The van der Waals surface area contributed by atoms with Crippen molar-refractivity contribution in [3.05, 3.63) is 352 Å². The maximum atomic E-state index is 6.88. The molecule has 0 atom stereocenters. The maximum absolute atomic E-state index is 6.88. The Labute approximate surface area is 565 Å². The lowest BCUT2D eigenvalue weighted by molar-refractivity contribution is 0.668. The second-order valence-corrected chi connectivity index (χ2v) is 26.1. The van der Waals surface area contributed by atoms with Crippen LogP contribution in [0.1, 0.15) is 0 Å². The van der Waals surface area contributed by atoms with Crippen molar-refractivity contribution in [2.24, 2.45) is 0 Å². The third-order valence-electron chi connectivity index (χ3n) is 20.6. The predicted molar refractivity (Wildman–Crippen MR) is 415 cm³/mol. The van der Waals surface area contributed by atoms with Gasteiger partial charge in [-0.2, -0.15) is 0 Å². The van der Waals surface area contributed by atoms with Crippen molar-refractivity contribution in [3.8, 4) is 100 Å². The van der Waals surface area contributed by atoms with Crippen molar-refractivity contribution in [1.82, 2.24) is 0 Å². The molecule has 2 heterocycles. The van der Waals surface area contributed by atoms with Crippen LogP contribution >= 0.6 is 0 Å². The topological polar surface area (TPSA) is 26.3 Å². The monoisotopic (exact) mass is 1240 g/mol. The van der Waals surface area contributed by atoms with Gasteiger partial charge in [0.1, 0.15) is 22.3 Å². The molecule has 0 aliphatic rings. The molecule has 98 heavy (non-hydrogen) atoms. The molecule has 0 N–H and O–H groups in total. The van der Waals surface area contributed by atoms with Crippen molar-refractivity contribution in [2.45, 2.75) is 0 Å². The van der Waals surface area contributed by atoms with Crippen molar-refractivity contribution in [1.29, 1.82) is 0 Å². The summed E-state index contributed by atoms with van der Waals surface area (Å²) in [7, 11) is 0. The summed E-state index contributed by atoms with van der Waals surface area (Å²) in [6.45, 7) is 0. The number of furan rings is 2. The largest absolute Gasteiger partial charge is 0.456 e. The summed E-state index contributed by atoms with van der Waals surface area (Å²) in [5.74, 6) is 0.